The van der Waals surface area contributed by atoms with Gasteiger partial charge < -0.3 is 15.0 Å². The highest BCUT2D eigenvalue weighted by Crippen LogP contribution is 2.36. The van der Waals surface area contributed by atoms with Crippen molar-refractivity contribution in [2.45, 2.75) is 38.9 Å². The summed E-state index contributed by atoms with van der Waals surface area (Å²) in [5.41, 5.74) is 6.64. The van der Waals surface area contributed by atoms with Crippen LogP contribution in [0, 0.1) is 0 Å². The summed E-state index contributed by atoms with van der Waals surface area (Å²) in [5, 5.41) is 0.614. The van der Waals surface area contributed by atoms with Crippen LogP contribution >= 0.6 is 11.6 Å². The van der Waals surface area contributed by atoms with Gasteiger partial charge in [-0.2, -0.15) is 0 Å². The Morgan fingerprint density at radius 1 is 1.12 bits per heavy atom. The van der Waals surface area contributed by atoms with Crippen LogP contribution in [-0.4, -0.2) is 18.3 Å². The van der Waals surface area contributed by atoms with Crippen molar-refractivity contribution in [3.63, 3.8) is 0 Å². The number of hydrogen-bond acceptors (Lipinski definition) is 3. The van der Waals surface area contributed by atoms with Crippen LogP contribution in [0.5, 0.6) is 0 Å². The maximum atomic E-state index is 5.93. The Bertz CT molecular complexity index is 432. The van der Waals surface area contributed by atoms with Crippen LogP contribution in [0.2, 0.25) is 5.02 Å². The van der Waals surface area contributed by atoms with Gasteiger partial charge >= 0.3 is 7.12 Å². The first-order valence-electron chi connectivity index (χ1n) is 5.63. The van der Waals surface area contributed by atoms with Crippen LogP contribution < -0.4 is 11.2 Å². The van der Waals surface area contributed by atoms with Gasteiger partial charge in [0.05, 0.1) is 11.2 Å². The Hall–Kier alpha value is -0.705. The Morgan fingerprint density at radius 3 is 2.12 bits per heavy atom. The van der Waals surface area contributed by atoms with Crippen molar-refractivity contribution < 1.29 is 9.31 Å². The first kappa shape index (κ1) is 12.7. The molecule has 2 N–H and O–H groups in total. The van der Waals surface area contributed by atoms with Gasteiger partial charge in [0.1, 0.15) is 0 Å². The fraction of sp³-hybridized carbons (Fsp3) is 0.500. The first-order chi connectivity index (χ1) is 7.73. The summed E-state index contributed by atoms with van der Waals surface area (Å²) < 4.78 is 11.9. The predicted molar refractivity (Wildman–Crippen MR) is 71.6 cm³/mol. The highest BCUT2D eigenvalue weighted by atomic mass is 35.5. The summed E-state index contributed by atoms with van der Waals surface area (Å²) in [5.74, 6) is 0. The molecule has 2 rings (SSSR count). The lowest BCUT2D eigenvalue weighted by Crippen LogP contribution is -2.41. The van der Waals surface area contributed by atoms with Crippen molar-refractivity contribution in [3.05, 3.63) is 23.2 Å². The van der Waals surface area contributed by atoms with E-state index in [1.165, 1.54) is 0 Å². The monoisotopic (exact) mass is 253 g/mol. The minimum Gasteiger partial charge on any atom is -0.399 e. The molecule has 0 aromatic heterocycles. The van der Waals surface area contributed by atoms with Gasteiger partial charge in [-0.15, -0.1) is 0 Å². The van der Waals surface area contributed by atoms with E-state index < -0.39 is 7.12 Å². The van der Waals surface area contributed by atoms with Crippen LogP contribution in [0.25, 0.3) is 0 Å². The van der Waals surface area contributed by atoms with Crippen molar-refractivity contribution >= 4 is 29.9 Å². The maximum Gasteiger partial charge on any atom is 0.496 e. The molecule has 1 aliphatic heterocycles. The Balaban J connectivity index is 2.32. The molecule has 0 atom stereocenters. The van der Waals surface area contributed by atoms with Crippen molar-refractivity contribution in [1.29, 1.82) is 0 Å². The maximum absolute atomic E-state index is 5.93. The van der Waals surface area contributed by atoms with Crippen molar-refractivity contribution in [3.8, 4) is 0 Å². The number of nitrogens with two attached hydrogens (primary N) is 1. The van der Waals surface area contributed by atoms with Gasteiger partial charge in [0.25, 0.3) is 0 Å². The molecule has 0 amide bonds. The number of benzene rings is 1. The van der Waals surface area contributed by atoms with Crippen LogP contribution in [0.1, 0.15) is 27.7 Å². The van der Waals surface area contributed by atoms with E-state index in [0.29, 0.717) is 10.7 Å². The number of anilines is 1. The minimum absolute atomic E-state index is 0.357. The van der Waals surface area contributed by atoms with Gasteiger partial charge in [-0.3, -0.25) is 0 Å². The summed E-state index contributed by atoms with van der Waals surface area (Å²) in [6.45, 7) is 8.05. The Labute approximate surface area is 107 Å². The summed E-state index contributed by atoms with van der Waals surface area (Å²) in [6, 6.07) is 5.35. The SMILES string of the molecule is CC1(C)OB(c2ccc(Cl)cc2N)OC1(C)C. The minimum atomic E-state index is -0.433. The van der Waals surface area contributed by atoms with E-state index in [1.54, 1.807) is 12.1 Å². The third-order valence-corrected chi connectivity index (χ3v) is 3.79. The highest BCUT2D eigenvalue weighted by Gasteiger charge is 2.52. The smallest absolute Gasteiger partial charge is 0.399 e. The number of nitrogen functional groups attached to an aromatic ring is 1. The van der Waals surface area contributed by atoms with Crippen molar-refractivity contribution in [2.75, 3.05) is 5.73 Å². The number of rotatable bonds is 1. The predicted octanol–water partition coefficient (Wildman–Crippen LogP) is 2.22. The molecule has 0 aliphatic carbocycles. The second-order valence-electron chi connectivity index (χ2n) is 5.36. The van der Waals surface area contributed by atoms with Crippen LogP contribution in [0.3, 0.4) is 0 Å². The fourth-order valence-electron chi connectivity index (χ4n) is 1.73. The zero-order valence-electron chi connectivity index (χ0n) is 10.6. The third kappa shape index (κ3) is 2.17. The van der Waals surface area contributed by atoms with Crippen LogP contribution in [0.4, 0.5) is 5.69 Å². The fourth-order valence-corrected chi connectivity index (χ4v) is 1.91. The molecule has 1 saturated heterocycles. The Kier molecular flexibility index (Phi) is 2.93. The van der Waals surface area contributed by atoms with Gasteiger partial charge in [0, 0.05) is 16.2 Å². The second-order valence-corrected chi connectivity index (χ2v) is 5.80. The molecule has 92 valence electrons. The average Bonchev–Trinajstić information content (AvgIpc) is 2.35. The van der Waals surface area contributed by atoms with Gasteiger partial charge in [-0.25, -0.2) is 0 Å². The molecule has 0 spiro atoms. The van der Waals surface area contributed by atoms with Gasteiger partial charge in [0.2, 0.25) is 0 Å². The molecule has 1 aliphatic rings. The molecule has 3 nitrogen and oxygen atoms in total. The summed E-state index contributed by atoms with van der Waals surface area (Å²) in [6.07, 6.45) is 0. The first-order valence-corrected chi connectivity index (χ1v) is 6.01. The van der Waals surface area contributed by atoms with Gasteiger partial charge in [0.15, 0.2) is 0 Å². The molecule has 17 heavy (non-hydrogen) atoms. The highest BCUT2D eigenvalue weighted by molar-refractivity contribution is 6.64. The largest absolute Gasteiger partial charge is 0.496 e. The third-order valence-electron chi connectivity index (χ3n) is 3.56. The molecule has 0 unspecified atom stereocenters. The lowest BCUT2D eigenvalue weighted by Gasteiger charge is -2.32. The molecular formula is C12H17BClNO2. The lowest BCUT2D eigenvalue weighted by atomic mass is 9.78. The molecule has 5 heteroatoms. The lowest BCUT2D eigenvalue weighted by molar-refractivity contribution is 0.00578. The van der Waals surface area contributed by atoms with E-state index in [9.17, 15) is 0 Å². The quantitative estimate of drug-likeness (QED) is 0.616. The van der Waals surface area contributed by atoms with Gasteiger partial charge in [-0.05, 0) is 39.8 Å². The molecule has 0 bridgehead atoms. The second kappa shape index (κ2) is 3.90. The molecule has 1 heterocycles. The summed E-state index contributed by atoms with van der Waals surface area (Å²) in [4.78, 5) is 0. The average molecular weight is 254 g/mol. The van der Waals surface area contributed by atoms with E-state index in [4.69, 9.17) is 26.6 Å². The summed E-state index contributed by atoms with van der Waals surface area (Å²) in [7, 11) is -0.433. The number of hydrogen-bond donors (Lipinski definition) is 1. The molecular weight excluding hydrogens is 236 g/mol. The zero-order valence-corrected chi connectivity index (χ0v) is 11.3. The summed E-state index contributed by atoms with van der Waals surface area (Å²) >= 11 is 5.87. The van der Waals surface area contributed by atoms with E-state index in [0.717, 1.165) is 5.46 Å². The van der Waals surface area contributed by atoms with E-state index in [1.807, 2.05) is 33.8 Å². The normalized spacial score (nSPS) is 21.8. The molecule has 0 saturated carbocycles. The van der Waals surface area contributed by atoms with Crippen LogP contribution in [0.15, 0.2) is 18.2 Å². The molecule has 0 radical (unpaired) electrons. The number of halogens is 1. The van der Waals surface area contributed by atoms with Crippen molar-refractivity contribution in [1.82, 2.24) is 0 Å². The molecule has 1 fully saturated rings. The molecule has 1 aromatic rings. The molecule has 1 aromatic carbocycles. The topological polar surface area (TPSA) is 44.5 Å². The van der Waals surface area contributed by atoms with Gasteiger partial charge in [-0.1, -0.05) is 17.7 Å². The standard InChI is InChI=1S/C12H17BClNO2/c1-11(2)12(3,4)17-13(16-11)9-6-5-8(14)7-10(9)15/h5-7H,15H2,1-4H3. The van der Waals surface area contributed by atoms with E-state index >= 15 is 0 Å². The van der Waals surface area contributed by atoms with Crippen LogP contribution in [-0.2, 0) is 9.31 Å². The van der Waals surface area contributed by atoms with E-state index in [-0.39, 0.29) is 11.2 Å². The van der Waals surface area contributed by atoms with E-state index in [2.05, 4.69) is 0 Å². The van der Waals surface area contributed by atoms with Crippen molar-refractivity contribution in [2.24, 2.45) is 0 Å². The Morgan fingerprint density at radius 2 is 1.65 bits per heavy atom. The zero-order chi connectivity index (χ0) is 12.8.